The van der Waals surface area contributed by atoms with Crippen molar-refractivity contribution in [1.29, 1.82) is 0 Å². The number of benzene rings is 3. The van der Waals surface area contributed by atoms with Gasteiger partial charge < -0.3 is 5.32 Å². The van der Waals surface area contributed by atoms with Crippen LogP contribution in [0.4, 0.5) is 5.69 Å². The quantitative estimate of drug-likeness (QED) is 0.596. The van der Waals surface area contributed by atoms with Crippen molar-refractivity contribution in [2.45, 2.75) is 38.6 Å². The zero-order valence-corrected chi connectivity index (χ0v) is 19.3. The Hall–Kier alpha value is -3.12. The predicted molar refractivity (Wildman–Crippen MR) is 125 cm³/mol. The van der Waals surface area contributed by atoms with Gasteiger partial charge in [-0.25, -0.2) is 8.42 Å². The van der Waals surface area contributed by atoms with Crippen LogP contribution in [0.2, 0.25) is 0 Å². The summed E-state index contributed by atoms with van der Waals surface area (Å²) in [5.41, 5.74) is 4.94. The van der Waals surface area contributed by atoms with Crippen LogP contribution < -0.4 is 9.62 Å². The molecule has 0 radical (unpaired) electrons. The molecule has 0 spiro atoms. The molecule has 6 heteroatoms. The molecule has 162 valence electrons. The second-order valence-electron chi connectivity index (χ2n) is 7.84. The lowest BCUT2D eigenvalue weighted by atomic mass is 9.99. The predicted octanol–water partition coefficient (Wildman–Crippen LogP) is 4.93. The van der Waals surface area contributed by atoms with Gasteiger partial charge in [0.1, 0.15) is 0 Å². The number of nitrogens with zero attached hydrogens (tertiary/aromatic N) is 1. The third kappa shape index (κ3) is 4.80. The Morgan fingerprint density at radius 1 is 0.903 bits per heavy atom. The Labute approximate surface area is 184 Å². The van der Waals surface area contributed by atoms with Crippen molar-refractivity contribution in [1.82, 2.24) is 5.32 Å². The summed E-state index contributed by atoms with van der Waals surface area (Å²) in [6.45, 7) is 7.81. The first-order valence-electron chi connectivity index (χ1n) is 10.1. The molecule has 0 saturated carbocycles. The van der Waals surface area contributed by atoms with Crippen LogP contribution in [0.5, 0.6) is 0 Å². The summed E-state index contributed by atoms with van der Waals surface area (Å²) in [4.78, 5) is 13.2. The second-order valence-corrected chi connectivity index (χ2v) is 9.81. The zero-order chi connectivity index (χ0) is 22.8. The van der Waals surface area contributed by atoms with E-state index in [0.29, 0.717) is 11.3 Å². The topological polar surface area (TPSA) is 66.5 Å². The molecule has 0 saturated heterocycles. The molecule has 1 amide bonds. The SMILES string of the molecule is Cc1ccc(C)c([C@@H](C)NC(=O)c2ccc(C)c(N(C)S(=O)(=O)c3ccccc3)c2)c1. The van der Waals surface area contributed by atoms with Crippen LogP contribution in [-0.4, -0.2) is 21.4 Å². The molecule has 1 atom stereocenters. The number of sulfonamides is 1. The van der Waals surface area contributed by atoms with Gasteiger partial charge in [0, 0.05) is 12.6 Å². The van der Waals surface area contributed by atoms with Gasteiger partial charge in [-0.2, -0.15) is 0 Å². The maximum Gasteiger partial charge on any atom is 0.264 e. The van der Waals surface area contributed by atoms with Crippen LogP contribution in [0.15, 0.2) is 71.6 Å². The van der Waals surface area contributed by atoms with Crippen LogP contribution in [0.25, 0.3) is 0 Å². The third-order valence-electron chi connectivity index (χ3n) is 5.46. The summed E-state index contributed by atoms with van der Waals surface area (Å²) in [5.74, 6) is -0.250. The number of hydrogen-bond donors (Lipinski definition) is 1. The molecule has 31 heavy (non-hydrogen) atoms. The number of anilines is 1. The van der Waals surface area contributed by atoms with E-state index in [2.05, 4.69) is 11.4 Å². The van der Waals surface area contributed by atoms with Gasteiger partial charge in [0.2, 0.25) is 0 Å². The molecule has 5 nitrogen and oxygen atoms in total. The van der Waals surface area contributed by atoms with Crippen molar-refractivity contribution in [2.24, 2.45) is 0 Å². The number of hydrogen-bond acceptors (Lipinski definition) is 3. The summed E-state index contributed by atoms with van der Waals surface area (Å²) in [5, 5.41) is 3.03. The van der Waals surface area contributed by atoms with Crippen LogP contribution in [0.3, 0.4) is 0 Å². The maximum absolute atomic E-state index is 13.0. The highest BCUT2D eigenvalue weighted by Gasteiger charge is 2.23. The Bertz CT molecular complexity index is 1200. The molecule has 3 aromatic rings. The minimum atomic E-state index is -3.73. The number of aryl methyl sites for hydroxylation is 3. The normalized spacial score (nSPS) is 12.3. The molecule has 3 aromatic carbocycles. The lowest BCUT2D eigenvalue weighted by molar-refractivity contribution is 0.0940. The smallest absolute Gasteiger partial charge is 0.264 e. The fourth-order valence-corrected chi connectivity index (χ4v) is 4.83. The Morgan fingerprint density at radius 3 is 2.23 bits per heavy atom. The number of amides is 1. The lowest BCUT2D eigenvalue weighted by Crippen LogP contribution is -2.29. The fraction of sp³-hybridized carbons (Fsp3) is 0.240. The largest absolute Gasteiger partial charge is 0.346 e. The van der Waals surface area contributed by atoms with Crippen molar-refractivity contribution in [2.75, 3.05) is 11.4 Å². The first kappa shape index (κ1) is 22.6. The van der Waals surface area contributed by atoms with E-state index in [-0.39, 0.29) is 16.8 Å². The van der Waals surface area contributed by atoms with Crippen molar-refractivity contribution < 1.29 is 13.2 Å². The maximum atomic E-state index is 13.0. The summed E-state index contributed by atoms with van der Waals surface area (Å²) in [6, 6.07) is 19.3. The molecule has 0 heterocycles. The number of rotatable bonds is 6. The molecule has 0 aromatic heterocycles. The minimum absolute atomic E-state index is 0.178. The summed E-state index contributed by atoms with van der Waals surface area (Å²) in [7, 11) is -2.23. The van der Waals surface area contributed by atoms with Gasteiger partial charge in [-0.15, -0.1) is 0 Å². The van der Waals surface area contributed by atoms with E-state index in [1.807, 2.05) is 39.8 Å². The van der Waals surface area contributed by atoms with Crippen LogP contribution >= 0.6 is 0 Å². The van der Waals surface area contributed by atoms with E-state index in [0.717, 1.165) is 22.3 Å². The molecule has 1 N–H and O–H groups in total. The number of carbonyl (C=O) groups excluding carboxylic acids is 1. The van der Waals surface area contributed by atoms with E-state index in [4.69, 9.17) is 0 Å². The molecule has 0 fully saturated rings. The van der Waals surface area contributed by atoms with Gasteiger partial charge in [0.25, 0.3) is 15.9 Å². The second kappa shape index (κ2) is 8.94. The fourth-order valence-electron chi connectivity index (χ4n) is 3.55. The molecule has 0 unspecified atom stereocenters. The van der Waals surface area contributed by atoms with Gasteiger partial charge in [-0.05, 0) is 68.7 Å². The average molecular weight is 437 g/mol. The van der Waals surface area contributed by atoms with E-state index in [1.54, 1.807) is 48.5 Å². The van der Waals surface area contributed by atoms with Crippen molar-refractivity contribution >= 4 is 21.6 Å². The van der Waals surface area contributed by atoms with Gasteiger partial charge in [-0.3, -0.25) is 9.10 Å². The number of nitrogens with one attached hydrogen (secondary N) is 1. The van der Waals surface area contributed by atoms with Crippen LogP contribution in [0, 0.1) is 20.8 Å². The highest BCUT2D eigenvalue weighted by molar-refractivity contribution is 7.92. The summed E-state index contributed by atoms with van der Waals surface area (Å²) in [6.07, 6.45) is 0. The Kier molecular flexibility index (Phi) is 6.51. The lowest BCUT2D eigenvalue weighted by Gasteiger charge is -2.23. The Balaban J connectivity index is 1.88. The van der Waals surface area contributed by atoms with Gasteiger partial charge in [0.05, 0.1) is 16.6 Å². The van der Waals surface area contributed by atoms with E-state index in [9.17, 15) is 13.2 Å². The third-order valence-corrected chi connectivity index (χ3v) is 7.25. The molecule has 0 bridgehead atoms. The van der Waals surface area contributed by atoms with Crippen molar-refractivity contribution in [3.05, 3.63) is 94.5 Å². The van der Waals surface area contributed by atoms with Gasteiger partial charge >= 0.3 is 0 Å². The monoisotopic (exact) mass is 436 g/mol. The minimum Gasteiger partial charge on any atom is -0.346 e. The van der Waals surface area contributed by atoms with E-state index >= 15 is 0 Å². The molecule has 0 aliphatic heterocycles. The van der Waals surface area contributed by atoms with Crippen molar-refractivity contribution in [3.8, 4) is 0 Å². The first-order chi connectivity index (χ1) is 14.6. The number of carbonyl (C=O) groups is 1. The van der Waals surface area contributed by atoms with Crippen LogP contribution in [0.1, 0.15) is 45.6 Å². The molecule has 0 aliphatic carbocycles. The summed E-state index contributed by atoms with van der Waals surface area (Å²) < 4.78 is 27.3. The first-order valence-corrected chi connectivity index (χ1v) is 11.6. The molecule has 3 rings (SSSR count). The molecular formula is C25H28N2O3S. The molecule has 0 aliphatic rings. The van der Waals surface area contributed by atoms with E-state index < -0.39 is 10.0 Å². The van der Waals surface area contributed by atoms with E-state index in [1.165, 1.54) is 11.4 Å². The average Bonchev–Trinajstić information content (AvgIpc) is 2.75. The zero-order valence-electron chi connectivity index (χ0n) is 18.5. The highest BCUT2D eigenvalue weighted by Crippen LogP contribution is 2.27. The Morgan fingerprint density at radius 2 is 1.55 bits per heavy atom. The van der Waals surface area contributed by atoms with Crippen molar-refractivity contribution in [3.63, 3.8) is 0 Å². The van der Waals surface area contributed by atoms with Gasteiger partial charge in [0.15, 0.2) is 0 Å². The standard InChI is InChI=1S/C25H28N2O3S/c1-17-11-12-18(2)23(15-17)20(4)26-25(28)21-14-13-19(3)24(16-21)27(5)31(29,30)22-9-7-6-8-10-22/h6-16,20H,1-5H3,(H,26,28)/t20-/m1/s1. The molecular weight excluding hydrogens is 408 g/mol. The highest BCUT2D eigenvalue weighted by atomic mass is 32.2. The summed E-state index contributed by atoms with van der Waals surface area (Å²) >= 11 is 0. The van der Waals surface area contributed by atoms with Gasteiger partial charge in [-0.1, -0.05) is 48.0 Å². The van der Waals surface area contributed by atoms with Crippen LogP contribution in [-0.2, 0) is 10.0 Å².